The summed E-state index contributed by atoms with van der Waals surface area (Å²) in [6.45, 7) is 4.03. The third kappa shape index (κ3) is 4.05. The Morgan fingerprint density at radius 1 is 1.06 bits per heavy atom. The Balaban J connectivity index is 1.37. The zero-order chi connectivity index (χ0) is 22.9. The van der Waals surface area contributed by atoms with Gasteiger partial charge >= 0.3 is 0 Å². The van der Waals surface area contributed by atoms with Gasteiger partial charge in [-0.25, -0.2) is 9.97 Å². The number of fused-ring (bicyclic) bond motifs is 1. The minimum Gasteiger partial charge on any atom is -0.497 e. The maximum Gasteiger partial charge on any atom is 0.290 e. The summed E-state index contributed by atoms with van der Waals surface area (Å²) in [7, 11) is 1.61. The Hall–Kier alpha value is -3.42. The van der Waals surface area contributed by atoms with Crippen LogP contribution in [-0.4, -0.2) is 58.3 Å². The van der Waals surface area contributed by atoms with Crippen LogP contribution in [0.5, 0.6) is 5.75 Å². The molecule has 2 amide bonds. The van der Waals surface area contributed by atoms with Gasteiger partial charge < -0.3 is 19.0 Å². The fourth-order valence-corrected chi connectivity index (χ4v) is 4.80. The van der Waals surface area contributed by atoms with E-state index in [1.165, 1.54) is 6.42 Å². The fraction of sp³-hybridized carbons (Fsp3) is 0.440. The van der Waals surface area contributed by atoms with E-state index in [4.69, 9.17) is 9.15 Å². The highest BCUT2D eigenvalue weighted by Gasteiger charge is 2.34. The van der Waals surface area contributed by atoms with Gasteiger partial charge in [-0.2, -0.15) is 0 Å². The molecule has 33 heavy (non-hydrogen) atoms. The first-order valence-electron chi connectivity index (χ1n) is 11.6. The third-order valence-electron chi connectivity index (χ3n) is 6.62. The molecule has 0 aliphatic carbocycles. The number of nitrogens with zero attached hydrogens (tertiary/aromatic N) is 4. The lowest BCUT2D eigenvalue weighted by Gasteiger charge is -2.27. The normalized spacial score (nSPS) is 18.7. The van der Waals surface area contributed by atoms with Crippen LogP contribution in [0.25, 0.3) is 11.0 Å². The van der Waals surface area contributed by atoms with Crippen molar-refractivity contribution in [2.75, 3.05) is 26.7 Å². The average Bonchev–Trinajstić information content (AvgIpc) is 3.50. The number of carbonyl (C=O) groups is 2. The second-order valence-corrected chi connectivity index (χ2v) is 8.75. The van der Waals surface area contributed by atoms with E-state index in [2.05, 4.69) is 9.97 Å². The van der Waals surface area contributed by atoms with E-state index in [9.17, 15) is 9.59 Å². The number of aryl methyl sites for hydroxylation is 1. The molecule has 0 unspecified atom stereocenters. The van der Waals surface area contributed by atoms with E-state index in [-0.39, 0.29) is 17.9 Å². The summed E-state index contributed by atoms with van der Waals surface area (Å²) in [6, 6.07) is 6.97. The van der Waals surface area contributed by atoms with Gasteiger partial charge in [0.25, 0.3) is 11.8 Å². The van der Waals surface area contributed by atoms with Gasteiger partial charge in [-0.05, 0) is 63.3 Å². The largest absolute Gasteiger partial charge is 0.497 e. The number of hydrogen-bond acceptors (Lipinski definition) is 6. The van der Waals surface area contributed by atoms with E-state index in [0.717, 1.165) is 44.2 Å². The number of furan rings is 1. The van der Waals surface area contributed by atoms with Crippen molar-refractivity contribution < 1.29 is 18.7 Å². The molecule has 0 bridgehead atoms. The Labute approximate surface area is 192 Å². The SMILES string of the molecule is COc1ccc2oc(C(=O)N3CCC[C@@H]3c3ncc(C(=O)N4CCCCC4)c(C)n3)cc2c1. The Morgan fingerprint density at radius 2 is 1.88 bits per heavy atom. The van der Waals surface area contributed by atoms with Gasteiger partial charge in [-0.15, -0.1) is 0 Å². The molecule has 8 nitrogen and oxygen atoms in total. The molecule has 4 heterocycles. The quantitative estimate of drug-likeness (QED) is 0.596. The van der Waals surface area contributed by atoms with Crippen molar-refractivity contribution in [1.82, 2.24) is 19.8 Å². The highest BCUT2D eigenvalue weighted by atomic mass is 16.5. The number of carbonyl (C=O) groups excluding carboxylic acids is 2. The molecule has 0 N–H and O–H groups in total. The lowest BCUT2D eigenvalue weighted by Crippen LogP contribution is -2.36. The number of methoxy groups -OCH3 is 1. The number of benzene rings is 1. The van der Waals surface area contributed by atoms with Crippen LogP contribution < -0.4 is 4.74 Å². The minimum atomic E-state index is -0.238. The van der Waals surface area contributed by atoms with Gasteiger partial charge in [-0.1, -0.05) is 0 Å². The highest BCUT2D eigenvalue weighted by Crippen LogP contribution is 2.33. The molecule has 2 fully saturated rings. The molecule has 0 saturated carbocycles. The first-order valence-corrected chi connectivity index (χ1v) is 11.6. The van der Waals surface area contributed by atoms with Crippen LogP contribution in [0.1, 0.15) is 70.6 Å². The average molecular weight is 449 g/mol. The van der Waals surface area contributed by atoms with Crippen LogP contribution in [0, 0.1) is 6.92 Å². The van der Waals surface area contributed by atoms with Crippen LogP contribution in [0.4, 0.5) is 0 Å². The predicted molar refractivity (Wildman–Crippen MR) is 122 cm³/mol. The molecular weight excluding hydrogens is 420 g/mol. The van der Waals surface area contributed by atoms with Crippen LogP contribution in [0.2, 0.25) is 0 Å². The molecule has 2 aliphatic heterocycles. The first-order chi connectivity index (χ1) is 16.0. The summed E-state index contributed by atoms with van der Waals surface area (Å²) in [4.78, 5) is 39.1. The van der Waals surface area contributed by atoms with Crippen LogP contribution >= 0.6 is 0 Å². The van der Waals surface area contributed by atoms with E-state index in [1.54, 1.807) is 30.3 Å². The summed E-state index contributed by atoms with van der Waals surface area (Å²) in [6.07, 6.45) is 6.51. The summed E-state index contributed by atoms with van der Waals surface area (Å²) >= 11 is 0. The fourth-order valence-electron chi connectivity index (χ4n) is 4.80. The molecule has 2 aliphatic rings. The molecule has 5 rings (SSSR count). The van der Waals surface area contributed by atoms with Crippen molar-refractivity contribution in [2.45, 2.75) is 45.1 Å². The monoisotopic (exact) mass is 448 g/mol. The summed E-state index contributed by atoms with van der Waals surface area (Å²) in [5.74, 6) is 1.40. The zero-order valence-corrected chi connectivity index (χ0v) is 19.0. The zero-order valence-electron chi connectivity index (χ0n) is 19.0. The van der Waals surface area contributed by atoms with Gasteiger partial charge in [0.15, 0.2) is 11.6 Å². The van der Waals surface area contributed by atoms with Gasteiger partial charge in [0, 0.05) is 31.2 Å². The van der Waals surface area contributed by atoms with Crippen molar-refractivity contribution >= 4 is 22.8 Å². The highest BCUT2D eigenvalue weighted by molar-refractivity contribution is 5.97. The van der Waals surface area contributed by atoms with Gasteiger partial charge in [0.1, 0.15) is 11.3 Å². The Bertz CT molecular complexity index is 1200. The number of hydrogen-bond donors (Lipinski definition) is 0. The molecule has 3 aromatic rings. The topological polar surface area (TPSA) is 88.8 Å². The summed E-state index contributed by atoms with van der Waals surface area (Å²) in [5.41, 5.74) is 1.84. The first kappa shape index (κ1) is 21.4. The third-order valence-corrected chi connectivity index (χ3v) is 6.62. The van der Waals surface area contributed by atoms with Gasteiger partial charge in [-0.3, -0.25) is 9.59 Å². The predicted octanol–water partition coefficient (Wildman–Crippen LogP) is 4.14. The summed E-state index contributed by atoms with van der Waals surface area (Å²) in [5, 5.41) is 0.820. The molecule has 1 atom stereocenters. The van der Waals surface area contributed by atoms with E-state index in [0.29, 0.717) is 40.7 Å². The van der Waals surface area contributed by atoms with E-state index < -0.39 is 0 Å². The Kier molecular flexibility index (Phi) is 5.74. The number of amides is 2. The van der Waals surface area contributed by atoms with Crippen LogP contribution in [0.3, 0.4) is 0 Å². The number of ether oxygens (including phenoxy) is 1. The Morgan fingerprint density at radius 3 is 2.64 bits per heavy atom. The molecule has 8 heteroatoms. The van der Waals surface area contributed by atoms with Crippen molar-refractivity contribution in [2.24, 2.45) is 0 Å². The number of likely N-dealkylation sites (tertiary alicyclic amines) is 2. The molecule has 2 saturated heterocycles. The van der Waals surface area contributed by atoms with Gasteiger partial charge in [0.2, 0.25) is 0 Å². The minimum absolute atomic E-state index is 0.00388. The number of aromatic nitrogens is 2. The van der Waals surface area contributed by atoms with E-state index >= 15 is 0 Å². The van der Waals surface area contributed by atoms with Crippen molar-refractivity contribution in [3.8, 4) is 5.75 Å². The van der Waals surface area contributed by atoms with Crippen molar-refractivity contribution in [1.29, 1.82) is 0 Å². The number of piperidine rings is 1. The van der Waals surface area contributed by atoms with Crippen LogP contribution in [-0.2, 0) is 0 Å². The second-order valence-electron chi connectivity index (χ2n) is 8.75. The summed E-state index contributed by atoms with van der Waals surface area (Å²) < 4.78 is 11.1. The van der Waals surface area contributed by atoms with Crippen LogP contribution in [0.15, 0.2) is 34.9 Å². The van der Waals surface area contributed by atoms with Gasteiger partial charge in [0.05, 0.1) is 24.4 Å². The molecule has 0 radical (unpaired) electrons. The maximum atomic E-state index is 13.3. The lowest BCUT2D eigenvalue weighted by atomic mass is 10.1. The van der Waals surface area contributed by atoms with Crippen molar-refractivity contribution in [3.05, 3.63) is 53.3 Å². The molecular formula is C25H28N4O4. The van der Waals surface area contributed by atoms with E-state index in [1.807, 2.05) is 24.0 Å². The number of rotatable bonds is 4. The molecule has 0 spiro atoms. The van der Waals surface area contributed by atoms with Crippen molar-refractivity contribution in [3.63, 3.8) is 0 Å². The lowest BCUT2D eigenvalue weighted by molar-refractivity contribution is 0.0694. The maximum absolute atomic E-state index is 13.3. The molecule has 1 aromatic carbocycles. The molecule has 2 aromatic heterocycles. The second kappa shape index (κ2) is 8.84. The molecule has 172 valence electrons. The smallest absolute Gasteiger partial charge is 0.290 e. The standard InChI is InChI=1S/C25H28N4O4/c1-16-19(24(30)28-10-4-3-5-11-28)15-26-23(27-16)20-7-6-12-29(20)25(31)22-14-17-13-18(32-2)8-9-21(17)33-22/h8-9,13-15,20H,3-7,10-12H2,1-2H3/t20-/m1/s1.